The third-order valence-electron chi connectivity index (χ3n) is 3.56. The fraction of sp³-hybridized carbons (Fsp3) is 0.286. The number of benzene rings is 1. The number of carboxylic acid groups (broad SMARTS) is 1. The average Bonchev–Trinajstić information content (AvgIpc) is 2.92. The van der Waals surface area contributed by atoms with Gasteiger partial charge >= 0.3 is 5.97 Å². The summed E-state index contributed by atoms with van der Waals surface area (Å²) in [5.41, 5.74) is 4.59. The predicted molar refractivity (Wildman–Crippen MR) is 75.3 cm³/mol. The van der Waals surface area contributed by atoms with E-state index in [4.69, 9.17) is 0 Å². The molecule has 0 unspecified atom stereocenters. The molecule has 2 aromatic rings. The minimum atomic E-state index is -0.978. The Labute approximate surface area is 119 Å². The third-order valence-corrected chi connectivity index (χ3v) is 4.32. The molecule has 5 heteroatoms. The summed E-state index contributed by atoms with van der Waals surface area (Å²) in [6.07, 6.45) is 3.43. The van der Waals surface area contributed by atoms with E-state index in [-0.39, 0.29) is 5.69 Å². The van der Waals surface area contributed by atoms with Crippen molar-refractivity contribution in [3.8, 4) is 11.3 Å². The summed E-state index contributed by atoms with van der Waals surface area (Å²) >= 11 is 3.36. The number of aromatic carboxylic acids is 1. The van der Waals surface area contributed by atoms with Crippen LogP contribution >= 0.6 is 15.9 Å². The van der Waals surface area contributed by atoms with E-state index < -0.39 is 5.97 Å². The summed E-state index contributed by atoms with van der Waals surface area (Å²) in [4.78, 5) is 11.2. The second-order valence-electron chi connectivity index (χ2n) is 4.78. The molecule has 1 aromatic carbocycles. The van der Waals surface area contributed by atoms with Crippen LogP contribution in [0.25, 0.3) is 11.3 Å². The molecule has 4 nitrogen and oxygen atoms in total. The summed E-state index contributed by atoms with van der Waals surface area (Å²) in [6.45, 7) is 0. The molecule has 3 rings (SSSR count). The van der Waals surface area contributed by atoms with Crippen LogP contribution in [0.15, 0.2) is 22.7 Å². The van der Waals surface area contributed by atoms with Crippen LogP contribution < -0.4 is 0 Å². The van der Waals surface area contributed by atoms with Gasteiger partial charge in [0.25, 0.3) is 0 Å². The Morgan fingerprint density at radius 3 is 2.79 bits per heavy atom. The Hall–Kier alpha value is -1.62. The van der Waals surface area contributed by atoms with Crippen molar-refractivity contribution in [1.29, 1.82) is 0 Å². The van der Waals surface area contributed by atoms with E-state index in [0.29, 0.717) is 10.2 Å². The number of nitrogens with zero attached hydrogens (tertiary/aromatic N) is 2. The van der Waals surface area contributed by atoms with Crippen molar-refractivity contribution in [2.24, 2.45) is 7.05 Å². The van der Waals surface area contributed by atoms with Crippen LogP contribution in [-0.4, -0.2) is 20.9 Å². The van der Waals surface area contributed by atoms with Crippen LogP contribution in [-0.2, 0) is 19.9 Å². The van der Waals surface area contributed by atoms with Crippen molar-refractivity contribution in [2.45, 2.75) is 19.3 Å². The Bertz CT molecular complexity index is 676. The molecular weight excluding hydrogens is 308 g/mol. The molecule has 1 heterocycles. The van der Waals surface area contributed by atoms with Crippen molar-refractivity contribution < 1.29 is 9.90 Å². The highest BCUT2D eigenvalue weighted by molar-refractivity contribution is 9.10. The quantitative estimate of drug-likeness (QED) is 0.925. The Morgan fingerprint density at radius 2 is 2.11 bits per heavy atom. The minimum absolute atomic E-state index is 0.176. The number of fused-ring (bicyclic) bond motifs is 1. The van der Waals surface area contributed by atoms with E-state index in [1.54, 1.807) is 7.05 Å². The largest absolute Gasteiger partial charge is 0.476 e. The lowest BCUT2D eigenvalue weighted by Gasteiger charge is -2.02. The lowest BCUT2D eigenvalue weighted by Crippen LogP contribution is -2.05. The van der Waals surface area contributed by atoms with Gasteiger partial charge in [-0.2, -0.15) is 5.10 Å². The van der Waals surface area contributed by atoms with Gasteiger partial charge in [-0.15, -0.1) is 0 Å². The van der Waals surface area contributed by atoms with Gasteiger partial charge in [0.1, 0.15) is 5.69 Å². The van der Waals surface area contributed by atoms with E-state index in [1.165, 1.54) is 22.2 Å². The molecule has 98 valence electrons. The molecule has 0 saturated carbocycles. The number of hydrogen-bond donors (Lipinski definition) is 1. The molecular formula is C14H13BrN2O2. The van der Waals surface area contributed by atoms with Gasteiger partial charge in [0.05, 0.1) is 4.47 Å². The summed E-state index contributed by atoms with van der Waals surface area (Å²) in [5, 5.41) is 13.5. The van der Waals surface area contributed by atoms with Gasteiger partial charge in [0, 0.05) is 12.6 Å². The van der Waals surface area contributed by atoms with E-state index in [0.717, 1.165) is 18.4 Å². The number of aryl methyl sites for hydroxylation is 3. The topological polar surface area (TPSA) is 55.1 Å². The minimum Gasteiger partial charge on any atom is -0.476 e. The third kappa shape index (κ3) is 1.98. The van der Waals surface area contributed by atoms with Gasteiger partial charge in [-0.25, -0.2) is 4.79 Å². The van der Waals surface area contributed by atoms with Crippen LogP contribution in [0.5, 0.6) is 0 Å². The smallest absolute Gasteiger partial charge is 0.355 e. The van der Waals surface area contributed by atoms with Gasteiger partial charge in [0.2, 0.25) is 0 Å². The maximum Gasteiger partial charge on any atom is 0.355 e. The van der Waals surface area contributed by atoms with Crippen LogP contribution in [0, 0.1) is 0 Å². The van der Waals surface area contributed by atoms with Crippen molar-refractivity contribution in [2.75, 3.05) is 0 Å². The summed E-state index contributed by atoms with van der Waals surface area (Å²) in [5.74, 6) is -0.978. The maximum atomic E-state index is 11.2. The van der Waals surface area contributed by atoms with E-state index in [1.807, 2.05) is 6.07 Å². The molecule has 1 N–H and O–H groups in total. The number of carboxylic acids is 1. The second-order valence-corrected chi connectivity index (χ2v) is 5.57. The molecule has 1 aromatic heterocycles. The zero-order valence-electron chi connectivity index (χ0n) is 10.5. The van der Waals surface area contributed by atoms with E-state index in [2.05, 4.69) is 33.2 Å². The van der Waals surface area contributed by atoms with E-state index >= 15 is 0 Å². The first-order valence-corrected chi connectivity index (χ1v) is 6.95. The monoisotopic (exact) mass is 320 g/mol. The lowest BCUT2D eigenvalue weighted by atomic mass is 10.0. The summed E-state index contributed by atoms with van der Waals surface area (Å²) in [7, 11) is 1.64. The number of aromatic nitrogens is 2. The predicted octanol–water partition coefficient (Wildman–Crippen LogP) is 3.04. The Balaban J connectivity index is 2.12. The Morgan fingerprint density at radius 1 is 1.37 bits per heavy atom. The fourth-order valence-electron chi connectivity index (χ4n) is 2.63. The zero-order chi connectivity index (χ0) is 13.6. The fourth-order valence-corrected chi connectivity index (χ4v) is 3.37. The second kappa shape index (κ2) is 4.49. The highest BCUT2D eigenvalue weighted by atomic mass is 79.9. The molecule has 0 amide bonds. The van der Waals surface area contributed by atoms with Crippen LogP contribution in [0.3, 0.4) is 0 Å². The number of halogens is 1. The van der Waals surface area contributed by atoms with E-state index in [9.17, 15) is 9.90 Å². The number of rotatable bonds is 2. The van der Waals surface area contributed by atoms with Gasteiger partial charge in [0.15, 0.2) is 5.69 Å². The molecule has 0 atom stereocenters. The SMILES string of the molecule is Cn1nc(-c2ccc3c(c2)CCC3)c(Br)c1C(=O)O. The lowest BCUT2D eigenvalue weighted by molar-refractivity contribution is 0.0684. The first-order chi connectivity index (χ1) is 9.08. The summed E-state index contributed by atoms with van der Waals surface area (Å²) < 4.78 is 1.94. The standard InChI is InChI=1S/C14H13BrN2O2/c1-17-13(14(18)19)11(15)12(16-17)10-6-5-8-3-2-4-9(8)7-10/h5-7H,2-4H2,1H3,(H,18,19). The normalized spacial score (nSPS) is 13.6. The van der Waals surface area contributed by atoms with Crippen LogP contribution in [0.2, 0.25) is 0 Å². The highest BCUT2D eigenvalue weighted by Crippen LogP contribution is 2.33. The number of carbonyl (C=O) groups is 1. The van der Waals surface area contributed by atoms with Crippen LogP contribution in [0.4, 0.5) is 0 Å². The van der Waals surface area contributed by atoms with Gasteiger partial charge < -0.3 is 5.11 Å². The van der Waals surface area contributed by atoms with Crippen molar-refractivity contribution >= 4 is 21.9 Å². The molecule has 0 saturated heterocycles. The van der Waals surface area contributed by atoms with Crippen molar-refractivity contribution in [1.82, 2.24) is 9.78 Å². The average molecular weight is 321 g/mol. The van der Waals surface area contributed by atoms with Gasteiger partial charge in [-0.05, 0) is 52.4 Å². The molecule has 0 bridgehead atoms. The van der Waals surface area contributed by atoms with Crippen molar-refractivity contribution in [3.63, 3.8) is 0 Å². The molecule has 0 fully saturated rings. The Kier molecular flexibility index (Phi) is 2.93. The molecule has 0 radical (unpaired) electrons. The zero-order valence-corrected chi connectivity index (χ0v) is 12.1. The molecule has 0 spiro atoms. The molecule has 19 heavy (non-hydrogen) atoms. The van der Waals surface area contributed by atoms with Crippen LogP contribution in [0.1, 0.15) is 28.0 Å². The molecule has 0 aliphatic heterocycles. The molecule has 1 aliphatic carbocycles. The van der Waals surface area contributed by atoms with Crippen molar-refractivity contribution in [3.05, 3.63) is 39.5 Å². The molecule has 1 aliphatic rings. The number of hydrogen-bond acceptors (Lipinski definition) is 2. The maximum absolute atomic E-state index is 11.2. The first-order valence-electron chi connectivity index (χ1n) is 6.16. The van der Waals surface area contributed by atoms with Gasteiger partial charge in [-0.3, -0.25) is 4.68 Å². The first kappa shape index (κ1) is 12.4. The summed E-state index contributed by atoms with van der Waals surface area (Å²) in [6, 6.07) is 6.27. The highest BCUT2D eigenvalue weighted by Gasteiger charge is 2.21. The van der Waals surface area contributed by atoms with Gasteiger partial charge in [-0.1, -0.05) is 12.1 Å².